The van der Waals surface area contributed by atoms with Gasteiger partial charge >= 0.3 is 0 Å². The number of hydrogen-bond acceptors (Lipinski definition) is 3. The highest BCUT2D eigenvalue weighted by Crippen LogP contribution is 2.34. The highest BCUT2D eigenvalue weighted by Gasteiger charge is 2.26. The first-order valence-electron chi connectivity index (χ1n) is 5.28. The van der Waals surface area contributed by atoms with E-state index in [1.54, 1.807) is 14.0 Å². The van der Waals surface area contributed by atoms with Crippen LogP contribution in [0.2, 0.25) is 0 Å². The molecule has 0 amide bonds. The van der Waals surface area contributed by atoms with E-state index in [9.17, 15) is 10.2 Å². The van der Waals surface area contributed by atoms with E-state index in [0.29, 0.717) is 12.5 Å². The summed E-state index contributed by atoms with van der Waals surface area (Å²) in [6.45, 7) is 6.19. The molecule has 2 atom stereocenters. The molecule has 0 aliphatic heterocycles. The predicted molar refractivity (Wildman–Crippen MR) is 59.7 cm³/mol. The van der Waals surface area contributed by atoms with E-state index in [4.69, 9.17) is 4.74 Å². The van der Waals surface area contributed by atoms with Crippen molar-refractivity contribution in [3.63, 3.8) is 0 Å². The summed E-state index contributed by atoms with van der Waals surface area (Å²) in [5, 5.41) is 19.6. The molecule has 2 N–H and O–H groups in total. The molecule has 0 bridgehead atoms. The van der Waals surface area contributed by atoms with E-state index in [0.717, 1.165) is 23.1 Å². The fourth-order valence-electron chi connectivity index (χ4n) is 1.95. The first-order valence-corrected chi connectivity index (χ1v) is 5.28. The molecule has 2 unspecified atom stereocenters. The van der Waals surface area contributed by atoms with Gasteiger partial charge in [0.15, 0.2) is 0 Å². The summed E-state index contributed by atoms with van der Waals surface area (Å²) >= 11 is 0. The van der Waals surface area contributed by atoms with Gasteiger partial charge in [0.1, 0.15) is 5.76 Å². The Kier molecular flexibility index (Phi) is 3.94. The Balaban J connectivity index is 3.11. The molecule has 0 aromatic carbocycles. The second-order valence-electron chi connectivity index (χ2n) is 4.25. The second kappa shape index (κ2) is 4.81. The van der Waals surface area contributed by atoms with Crippen LogP contribution >= 0.6 is 0 Å². The van der Waals surface area contributed by atoms with Crippen LogP contribution in [0.4, 0.5) is 0 Å². The van der Waals surface area contributed by atoms with Crippen LogP contribution in [0.25, 0.3) is 0 Å². The maximum absolute atomic E-state index is 10.0. The third-order valence-corrected chi connectivity index (χ3v) is 3.12. The Bertz CT molecular complexity index is 300. The molecule has 0 aromatic rings. The maximum atomic E-state index is 10.0. The number of ether oxygens (including phenoxy) is 1. The summed E-state index contributed by atoms with van der Waals surface area (Å²) in [5.41, 5.74) is 2.70. The monoisotopic (exact) mass is 212 g/mol. The molecule has 0 aromatic heterocycles. The minimum Gasteiger partial charge on any atom is -0.508 e. The lowest BCUT2D eigenvalue weighted by atomic mass is 9.82. The van der Waals surface area contributed by atoms with Crippen molar-refractivity contribution in [3.05, 3.63) is 22.5 Å². The number of hydrogen-bond donors (Lipinski definition) is 2. The summed E-state index contributed by atoms with van der Waals surface area (Å²) < 4.78 is 5.06. The lowest BCUT2D eigenvalue weighted by molar-refractivity contribution is 0.199. The third-order valence-electron chi connectivity index (χ3n) is 3.12. The third kappa shape index (κ3) is 2.41. The number of methoxy groups -OCH3 is 1. The van der Waals surface area contributed by atoms with Crippen molar-refractivity contribution in [1.82, 2.24) is 0 Å². The molecule has 0 radical (unpaired) electrons. The summed E-state index contributed by atoms with van der Waals surface area (Å²) in [6.07, 6.45) is 0.134. The molecule has 1 aliphatic rings. The van der Waals surface area contributed by atoms with Gasteiger partial charge < -0.3 is 14.9 Å². The number of aliphatic hydroxyl groups is 2. The van der Waals surface area contributed by atoms with Crippen LogP contribution in [-0.2, 0) is 4.74 Å². The van der Waals surface area contributed by atoms with Crippen molar-refractivity contribution in [3.8, 4) is 0 Å². The van der Waals surface area contributed by atoms with E-state index in [1.165, 1.54) is 0 Å². The van der Waals surface area contributed by atoms with Gasteiger partial charge in [-0.25, -0.2) is 0 Å². The van der Waals surface area contributed by atoms with Crippen LogP contribution in [-0.4, -0.2) is 30.0 Å². The second-order valence-corrected chi connectivity index (χ2v) is 4.25. The van der Waals surface area contributed by atoms with Gasteiger partial charge in [0.05, 0.1) is 12.7 Å². The van der Waals surface area contributed by atoms with Crippen LogP contribution in [0, 0.1) is 5.92 Å². The smallest absolute Gasteiger partial charge is 0.122 e. The van der Waals surface area contributed by atoms with Gasteiger partial charge in [-0.1, -0.05) is 12.5 Å². The number of aliphatic hydroxyl groups excluding tert-OH is 2. The normalized spacial score (nSPS) is 24.7. The zero-order chi connectivity index (χ0) is 11.6. The summed E-state index contributed by atoms with van der Waals surface area (Å²) in [6, 6.07) is 0. The topological polar surface area (TPSA) is 49.7 Å². The van der Waals surface area contributed by atoms with Crippen LogP contribution in [0.1, 0.15) is 27.2 Å². The van der Waals surface area contributed by atoms with Gasteiger partial charge in [-0.05, 0) is 26.2 Å². The standard InChI is InChI=1S/C12H20O3/c1-7-5-10(9(3)13)12(14)11(6-15-4)8(7)2/h7,9,13-14H,5-6H2,1-4H3. The molecule has 1 rings (SSSR count). The average Bonchev–Trinajstić information content (AvgIpc) is 2.18. The SMILES string of the molecule is COCC1=C(C)C(C)CC(C(C)O)=C1O. The molecule has 0 heterocycles. The van der Waals surface area contributed by atoms with E-state index in [1.807, 2.05) is 6.92 Å². The Morgan fingerprint density at radius 3 is 2.60 bits per heavy atom. The lowest BCUT2D eigenvalue weighted by Crippen LogP contribution is -2.20. The highest BCUT2D eigenvalue weighted by molar-refractivity contribution is 5.40. The van der Waals surface area contributed by atoms with Gasteiger partial charge in [-0.15, -0.1) is 0 Å². The van der Waals surface area contributed by atoms with Gasteiger partial charge in [0.2, 0.25) is 0 Å². The zero-order valence-corrected chi connectivity index (χ0v) is 9.87. The largest absolute Gasteiger partial charge is 0.508 e. The van der Waals surface area contributed by atoms with Crippen molar-refractivity contribution in [1.29, 1.82) is 0 Å². The van der Waals surface area contributed by atoms with Crippen molar-refractivity contribution in [2.45, 2.75) is 33.3 Å². The summed E-state index contributed by atoms with van der Waals surface area (Å²) in [5.74, 6) is 0.582. The van der Waals surface area contributed by atoms with E-state index < -0.39 is 6.10 Å². The first kappa shape index (κ1) is 12.3. The number of allylic oxidation sites excluding steroid dienone is 1. The van der Waals surface area contributed by atoms with Gasteiger partial charge in [0, 0.05) is 18.3 Å². The van der Waals surface area contributed by atoms with Crippen LogP contribution in [0.15, 0.2) is 22.5 Å². The molecule has 0 spiro atoms. The summed E-state index contributed by atoms with van der Waals surface area (Å²) in [7, 11) is 1.61. The van der Waals surface area contributed by atoms with E-state index in [2.05, 4.69) is 6.92 Å². The fourth-order valence-corrected chi connectivity index (χ4v) is 1.95. The van der Waals surface area contributed by atoms with Crippen LogP contribution in [0.3, 0.4) is 0 Å². The Morgan fingerprint density at radius 2 is 2.13 bits per heavy atom. The number of rotatable bonds is 3. The maximum Gasteiger partial charge on any atom is 0.122 e. The molecule has 3 nitrogen and oxygen atoms in total. The van der Waals surface area contributed by atoms with E-state index in [-0.39, 0.29) is 5.76 Å². The van der Waals surface area contributed by atoms with Crippen molar-refractivity contribution >= 4 is 0 Å². The van der Waals surface area contributed by atoms with Gasteiger partial charge in [0.25, 0.3) is 0 Å². The van der Waals surface area contributed by atoms with Crippen LogP contribution in [0.5, 0.6) is 0 Å². The fraction of sp³-hybridized carbons (Fsp3) is 0.667. The minimum absolute atomic E-state index is 0.224. The Hall–Kier alpha value is -0.800. The molecule has 0 saturated carbocycles. The molecular weight excluding hydrogens is 192 g/mol. The predicted octanol–water partition coefficient (Wildman–Crippen LogP) is 2.18. The van der Waals surface area contributed by atoms with Crippen molar-refractivity contribution in [2.24, 2.45) is 5.92 Å². The zero-order valence-electron chi connectivity index (χ0n) is 9.87. The van der Waals surface area contributed by atoms with Crippen molar-refractivity contribution < 1.29 is 14.9 Å². The molecule has 15 heavy (non-hydrogen) atoms. The quantitative estimate of drug-likeness (QED) is 0.754. The highest BCUT2D eigenvalue weighted by atomic mass is 16.5. The minimum atomic E-state index is -0.590. The molecule has 3 heteroatoms. The molecular formula is C12H20O3. The van der Waals surface area contributed by atoms with Gasteiger partial charge in [-0.2, -0.15) is 0 Å². The van der Waals surface area contributed by atoms with Crippen LogP contribution < -0.4 is 0 Å². The van der Waals surface area contributed by atoms with E-state index >= 15 is 0 Å². The molecule has 86 valence electrons. The summed E-state index contributed by atoms with van der Waals surface area (Å²) in [4.78, 5) is 0. The Labute approximate surface area is 91.1 Å². The first-order chi connectivity index (χ1) is 6.99. The average molecular weight is 212 g/mol. The molecule has 0 saturated heterocycles. The van der Waals surface area contributed by atoms with Crippen molar-refractivity contribution in [2.75, 3.05) is 13.7 Å². The molecule has 1 aliphatic carbocycles. The van der Waals surface area contributed by atoms with Gasteiger partial charge in [-0.3, -0.25) is 0 Å². The Morgan fingerprint density at radius 1 is 1.53 bits per heavy atom. The molecule has 0 fully saturated rings. The lowest BCUT2D eigenvalue weighted by Gasteiger charge is -2.27.